The molecule has 2 bridgehead atoms. The first-order chi connectivity index (χ1) is 15.6. The lowest BCUT2D eigenvalue weighted by Crippen LogP contribution is -2.32. The van der Waals surface area contributed by atoms with Crippen LogP contribution in [0.1, 0.15) is 41.4 Å². The van der Waals surface area contributed by atoms with Gasteiger partial charge < -0.3 is 14.6 Å². The minimum Gasteiger partial charge on any atom is -0.489 e. The van der Waals surface area contributed by atoms with E-state index < -0.39 is 0 Å². The van der Waals surface area contributed by atoms with Crippen molar-refractivity contribution in [2.75, 3.05) is 0 Å². The van der Waals surface area contributed by atoms with Crippen LogP contribution in [0, 0.1) is 6.92 Å². The standard InChI is InChI=1S/C26H26N4O2.ClH/c1-16-3-4-17(14-27-16)15-32-20-9-10-30(25(31)13-20)19-6-7-21-23(12-19)29(2)24-11-18-5-8-22(28-18)26(21)24;/h3-4,6-7,9-10,12-14,18,22,28H,5,8,11,15H2,1-2H3;1H. The quantitative estimate of drug-likeness (QED) is 0.489. The molecule has 1 fully saturated rings. The molecule has 0 radical (unpaired) electrons. The predicted molar refractivity (Wildman–Crippen MR) is 132 cm³/mol. The average molecular weight is 463 g/mol. The molecule has 2 unspecified atom stereocenters. The van der Waals surface area contributed by atoms with Gasteiger partial charge in [-0.1, -0.05) is 12.1 Å². The first-order valence-electron chi connectivity index (χ1n) is 11.2. The summed E-state index contributed by atoms with van der Waals surface area (Å²) >= 11 is 0. The number of rotatable bonds is 4. The van der Waals surface area contributed by atoms with Gasteiger partial charge in [0, 0.05) is 66.3 Å². The second-order valence-corrected chi connectivity index (χ2v) is 8.99. The number of nitrogens with zero attached hydrogens (tertiary/aromatic N) is 3. The summed E-state index contributed by atoms with van der Waals surface area (Å²) in [5.41, 5.74) is 6.77. The van der Waals surface area contributed by atoms with E-state index in [2.05, 4.69) is 34.0 Å². The van der Waals surface area contributed by atoms with Gasteiger partial charge in [0.05, 0.1) is 11.2 Å². The number of hydrogen-bond acceptors (Lipinski definition) is 4. The topological polar surface area (TPSA) is 61.1 Å². The van der Waals surface area contributed by atoms with Crippen molar-refractivity contribution < 1.29 is 4.74 Å². The van der Waals surface area contributed by atoms with Gasteiger partial charge in [-0.25, -0.2) is 0 Å². The van der Waals surface area contributed by atoms with Crippen LogP contribution in [0.4, 0.5) is 0 Å². The second kappa shape index (κ2) is 8.36. The second-order valence-electron chi connectivity index (χ2n) is 8.99. The number of hydrogen-bond donors (Lipinski definition) is 1. The van der Waals surface area contributed by atoms with Gasteiger partial charge in [0.1, 0.15) is 12.4 Å². The van der Waals surface area contributed by atoms with E-state index in [1.54, 1.807) is 23.0 Å². The van der Waals surface area contributed by atoms with Gasteiger partial charge in [-0.15, -0.1) is 12.4 Å². The van der Waals surface area contributed by atoms with Crippen molar-refractivity contribution in [2.45, 2.75) is 44.9 Å². The van der Waals surface area contributed by atoms with Crippen LogP contribution in [0.5, 0.6) is 5.75 Å². The van der Waals surface area contributed by atoms with Gasteiger partial charge in [-0.05, 0) is 49.6 Å². The van der Waals surface area contributed by atoms with E-state index in [1.165, 1.54) is 35.0 Å². The fourth-order valence-corrected chi connectivity index (χ4v) is 5.25. The Morgan fingerprint density at radius 1 is 1.15 bits per heavy atom. The van der Waals surface area contributed by atoms with Gasteiger partial charge in [0.25, 0.3) is 5.56 Å². The molecule has 3 aromatic heterocycles. The Bertz CT molecular complexity index is 1390. The van der Waals surface area contributed by atoms with Crippen LogP contribution in [0.3, 0.4) is 0 Å². The van der Waals surface area contributed by atoms with Crippen LogP contribution < -0.4 is 15.6 Å². The lowest BCUT2D eigenvalue weighted by Gasteiger charge is -2.23. The summed E-state index contributed by atoms with van der Waals surface area (Å²) in [4.78, 5) is 17.1. The third-order valence-corrected chi connectivity index (χ3v) is 6.92. The maximum absolute atomic E-state index is 12.9. The predicted octanol–water partition coefficient (Wildman–Crippen LogP) is 4.38. The zero-order valence-corrected chi connectivity index (χ0v) is 19.6. The molecule has 1 N–H and O–H groups in total. The molecule has 6 nitrogen and oxygen atoms in total. The average Bonchev–Trinajstić information content (AvgIpc) is 3.31. The number of aromatic nitrogens is 3. The molecular weight excluding hydrogens is 436 g/mol. The van der Waals surface area contributed by atoms with Gasteiger partial charge in [-0.2, -0.15) is 0 Å². The number of halogens is 1. The molecule has 170 valence electrons. The summed E-state index contributed by atoms with van der Waals surface area (Å²) in [6, 6.07) is 14.7. The third kappa shape index (κ3) is 3.73. The van der Waals surface area contributed by atoms with Crippen LogP contribution in [-0.2, 0) is 20.1 Å². The minimum absolute atomic E-state index is 0. The number of nitrogens with one attached hydrogen (secondary N) is 1. The molecular formula is C26H27ClN4O2. The molecule has 5 heterocycles. The maximum atomic E-state index is 12.9. The molecule has 0 saturated carbocycles. The summed E-state index contributed by atoms with van der Waals surface area (Å²) in [6.45, 7) is 2.33. The van der Waals surface area contributed by atoms with E-state index in [0.29, 0.717) is 24.4 Å². The number of fused-ring (bicyclic) bond motifs is 6. The van der Waals surface area contributed by atoms with E-state index in [1.807, 2.05) is 31.2 Å². The highest BCUT2D eigenvalue weighted by atomic mass is 35.5. The highest BCUT2D eigenvalue weighted by Crippen LogP contribution is 2.41. The zero-order chi connectivity index (χ0) is 21.8. The first kappa shape index (κ1) is 21.7. The lowest BCUT2D eigenvalue weighted by atomic mass is 9.99. The summed E-state index contributed by atoms with van der Waals surface area (Å²) in [7, 11) is 2.15. The Morgan fingerprint density at radius 2 is 2.03 bits per heavy atom. The Kier molecular flexibility index (Phi) is 5.51. The van der Waals surface area contributed by atoms with E-state index in [4.69, 9.17) is 4.74 Å². The van der Waals surface area contributed by atoms with Crippen LogP contribution >= 0.6 is 12.4 Å². The number of ether oxygens (including phenoxy) is 1. The highest BCUT2D eigenvalue weighted by molar-refractivity contribution is 5.88. The Morgan fingerprint density at radius 3 is 2.82 bits per heavy atom. The minimum atomic E-state index is -0.108. The summed E-state index contributed by atoms with van der Waals surface area (Å²) < 4.78 is 9.81. The molecule has 4 aromatic rings. The van der Waals surface area contributed by atoms with Crippen LogP contribution in [0.2, 0.25) is 0 Å². The molecule has 33 heavy (non-hydrogen) atoms. The van der Waals surface area contributed by atoms with Crippen molar-refractivity contribution in [1.82, 2.24) is 19.4 Å². The summed E-state index contributed by atoms with van der Waals surface area (Å²) in [5, 5.41) is 5.05. The van der Waals surface area contributed by atoms with E-state index in [9.17, 15) is 4.79 Å². The first-order valence-corrected chi connectivity index (χ1v) is 11.2. The molecule has 1 saturated heterocycles. The third-order valence-electron chi connectivity index (χ3n) is 6.92. The number of pyridine rings is 2. The van der Waals surface area contributed by atoms with Crippen molar-refractivity contribution in [3.05, 3.63) is 87.7 Å². The molecule has 2 aliphatic heterocycles. The fourth-order valence-electron chi connectivity index (χ4n) is 5.25. The molecule has 7 heteroatoms. The van der Waals surface area contributed by atoms with Crippen molar-refractivity contribution in [3.8, 4) is 11.4 Å². The summed E-state index contributed by atoms with van der Waals surface area (Å²) in [5.74, 6) is 0.560. The SMILES string of the molecule is Cc1ccc(COc2ccn(-c3ccc4c5c(n(C)c4c3)CC3CCC5N3)c(=O)c2)cn1.Cl. The summed E-state index contributed by atoms with van der Waals surface area (Å²) in [6.07, 6.45) is 7.13. The van der Waals surface area contributed by atoms with Gasteiger partial charge >= 0.3 is 0 Å². The largest absolute Gasteiger partial charge is 0.489 e. The van der Waals surface area contributed by atoms with Gasteiger partial charge in [-0.3, -0.25) is 14.3 Å². The molecule has 0 aliphatic carbocycles. The molecule has 6 rings (SSSR count). The maximum Gasteiger partial charge on any atom is 0.258 e. The van der Waals surface area contributed by atoms with Crippen LogP contribution in [-0.4, -0.2) is 20.2 Å². The molecule has 0 spiro atoms. The van der Waals surface area contributed by atoms with E-state index in [-0.39, 0.29) is 18.0 Å². The van der Waals surface area contributed by atoms with Crippen LogP contribution in [0.15, 0.2) is 59.7 Å². The van der Waals surface area contributed by atoms with Gasteiger partial charge in [0.15, 0.2) is 0 Å². The number of aryl methyl sites for hydroxylation is 2. The number of benzene rings is 1. The molecule has 1 aromatic carbocycles. The monoisotopic (exact) mass is 462 g/mol. The van der Waals surface area contributed by atoms with E-state index >= 15 is 0 Å². The lowest BCUT2D eigenvalue weighted by molar-refractivity contribution is 0.304. The van der Waals surface area contributed by atoms with Crippen molar-refractivity contribution in [2.24, 2.45) is 7.05 Å². The highest BCUT2D eigenvalue weighted by Gasteiger charge is 2.35. The zero-order valence-electron chi connectivity index (χ0n) is 18.7. The Balaban J connectivity index is 0.00000228. The Hall–Kier alpha value is -3.09. The van der Waals surface area contributed by atoms with Gasteiger partial charge in [0.2, 0.25) is 0 Å². The smallest absolute Gasteiger partial charge is 0.258 e. The fraction of sp³-hybridized carbons (Fsp3) is 0.308. The van der Waals surface area contributed by atoms with Crippen molar-refractivity contribution in [3.63, 3.8) is 0 Å². The van der Waals surface area contributed by atoms with E-state index in [0.717, 1.165) is 23.4 Å². The molecule has 0 amide bonds. The normalized spacial score (nSPS) is 18.7. The molecule has 2 atom stereocenters. The Labute approximate surface area is 198 Å². The van der Waals surface area contributed by atoms with Crippen molar-refractivity contribution in [1.29, 1.82) is 0 Å². The van der Waals surface area contributed by atoms with Crippen molar-refractivity contribution >= 4 is 23.3 Å². The van der Waals surface area contributed by atoms with Crippen LogP contribution in [0.25, 0.3) is 16.6 Å². The molecule has 2 aliphatic rings.